The number of hydrogen-bond donors (Lipinski definition) is 1. The summed E-state index contributed by atoms with van der Waals surface area (Å²) in [6, 6.07) is 1.36. The van der Waals surface area contributed by atoms with Gasteiger partial charge in [0.15, 0.2) is 11.4 Å². The van der Waals surface area contributed by atoms with Crippen LogP contribution in [0.3, 0.4) is 0 Å². The highest BCUT2D eigenvalue weighted by Gasteiger charge is 2.04. The molecule has 0 saturated carbocycles. The number of carbonyl (C=O) groups is 1. The van der Waals surface area contributed by atoms with E-state index in [-0.39, 0.29) is 21.6 Å². The highest BCUT2D eigenvalue weighted by Crippen LogP contribution is 2.25. The summed E-state index contributed by atoms with van der Waals surface area (Å²) in [7, 11) is 0. The first kappa shape index (κ1) is 8.30. The number of nitrogen functional groups attached to an aromatic ring is 1. The fourth-order valence-corrected chi connectivity index (χ4v) is 1.02. The zero-order valence-electron chi connectivity index (χ0n) is 5.34. The molecule has 0 aliphatic rings. The minimum absolute atomic E-state index is 0.0552. The minimum atomic E-state index is 0.0552. The zero-order chi connectivity index (χ0) is 8.43. The molecule has 0 fully saturated rings. The third-order valence-corrected chi connectivity index (χ3v) is 1.70. The Morgan fingerprint density at radius 3 is 2.64 bits per heavy atom. The van der Waals surface area contributed by atoms with Gasteiger partial charge in [-0.25, -0.2) is 4.98 Å². The summed E-state index contributed by atoms with van der Waals surface area (Å²) >= 11 is 11.1. The summed E-state index contributed by atoms with van der Waals surface area (Å²) in [6.07, 6.45) is 0.553. The van der Waals surface area contributed by atoms with Gasteiger partial charge in [0.25, 0.3) is 0 Å². The average molecular weight is 191 g/mol. The molecule has 0 saturated heterocycles. The van der Waals surface area contributed by atoms with Crippen LogP contribution < -0.4 is 5.73 Å². The van der Waals surface area contributed by atoms with Gasteiger partial charge >= 0.3 is 0 Å². The Kier molecular flexibility index (Phi) is 2.31. The molecule has 0 aromatic carbocycles. The maximum absolute atomic E-state index is 10.2. The number of rotatable bonds is 1. The van der Waals surface area contributed by atoms with Crippen molar-refractivity contribution in [3.05, 3.63) is 21.9 Å². The first-order valence-electron chi connectivity index (χ1n) is 2.72. The van der Waals surface area contributed by atoms with Gasteiger partial charge in [-0.2, -0.15) is 0 Å². The van der Waals surface area contributed by atoms with Crippen molar-refractivity contribution in [1.82, 2.24) is 4.98 Å². The van der Waals surface area contributed by atoms with Crippen molar-refractivity contribution in [3.8, 4) is 0 Å². The number of aromatic nitrogens is 1. The fourth-order valence-electron chi connectivity index (χ4n) is 0.572. The van der Waals surface area contributed by atoms with Crippen molar-refractivity contribution in [1.29, 1.82) is 0 Å². The van der Waals surface area contributed by atoms with Crippen LogP contribution in [0.1, 0.15) is 10.5 Å². The Hall–Kier alpha value is -0.800. The first-order valence-corrected chi connectivity index (χ1v) is 3.47. The van der Waals surface area contributed by atoms with Gasteiger partial charge in [-0.15, -0.1) is 0 Å². The predicted octanol–water partition coefficient (Wildman–Crippen LogP) is 1.78. The Morgan fingerprint density at radius 1 is 1.55 bits per heavy atom. The minimum Gasteiger partial charge on any atom is -0.395 e. The molecule has 0 radical (unpaired) electrons. The molecule has 1 heterocycles. The lowest BCUT2D eigenvalue weighted by Gasteiger charge is -1.99. The topological polar surface area (TPSA) is 56.0 Å². The summed E-state index contributed by atoms with van der Waals surface area (Å²) < 4.78 is 0. The van der Waals surface area contributed by atoms with E-state index >= 15 is 0 Å². The predicted molar refractivity (Wildman–Crippen MR) is 44.1 cm³/mol. The molecular weight excluding hydrogens is 187 g/mol. The van der Waals surface area contributed by atoms with Crippen LogP contribution in [-0.4, -0.2) is 11.3 Å². The molecule has 1 aromatic heterocycles. The quantitative estimate of drug-likeness (QED) is 0.543. The number of nitrogens with zero attached hydrogens (tertiary/aromatic N) is 1. The van der Waals surface area contributed by atoms with Gasteiger partial charge in [-0.05, 0) is 6.07 Å². The Bertz CT molecular complexity index is 278. The normalized spacial score (nSPS) is 9.64. The molecule has 58 valence electrons. The number of hydrogen-bond acceptors (Lipinski definition) is 3. The molecule has 5 heteroatoms. The van der Waals surface area contributed by atoms with Gasteiger partial charge in [0.05, 0.1) is 10.7 Å². The Labute approximate surface area is 73.1 Å². The monoisotopic (exact) mass is 190 g/mol. The molecule has 0 bridgehead atoms. The summed E-state index contributed by atoms with van der Waals surface area (Å²) in [5.41, 5.74) is 5.73. The van der Waals surface area contributed by atoms with E-state index in [0.29, 0.717) is 6.29 Å². The molecule has 0 unspecified atom stereocenters. The van der Waals surface area contributed by atoms with Crippen LogP contribution in [0.15, 0.2) is 6.07 Å². The van der Waals surface area contributed by atoms with Crippen molar-refractivity contribution in [2.75, 3.05) is 5.73 Å². The van der Waals surface area contributed by atoms with Crippen LogP contribution in [-0.2, 0) is 0 Å². The maximum atomic E-state index is 10.2. The van der Waals surface area contributed by atoms with Crippen molar-refractivity contribution in [3.63, 3.8) is 0 Å². The van der Waals surface area contributed by atoms with Crippen LogP contribution in [0, 0.1) is 0 Å². The molecule has 1 rings (SSSR count). The second-order valence-corrected chi connectivity index (χ2v) is 2.62. The SMILES string of the molecule is Nc1c(Cl)cc(C=O)nc1Cl. The fraction of sp³-hybridized carbons (Fsp3) is 0. The van der Waals surface area contributed by atoms with E-state index in [2.05, 4.69) is 4.98 Å². The van der Waals surface area contributed by atoms with Crippen LogP contribution in [0.5, 0.6) is 0 Å². The highest BCUT2D eigenvalue weighted by molar-refractivity contribution is 6.38. The molecule has 3 nitrogen and oxygen atoms in total. The number of pyridine rings is 1. The summed E-state index contributed by atoms with van der Waals surface area (Å²) in [4.78, 5) is 13.8. The van der Waals surface area contributed by atoms with E-state index in [1.54, 1.807) is 0 Å². The van der Waals surface area contributed by atoms with Crippen molar-refractivity contribution < 1.29 is 4.79 Å². The molecule has 0 spiro atoms. The molecule has 0 aliphatic carbocycles. The first-order chi connectivity index (χ1) is 5.15. The van der Waals surface area contributed by atoms with Gasteiger partial charge in [0.1, 0.15) is 5.69 Å². The van der Waals surface area contributed by atoms with E-state index < -0.39 is 0 Å². The van der Waals surface area contributed by atoms with Gasteiger partial charge in [-0.1, -0.05) is 23.2 Å². The second kappa shape index (κ2) is 3.07. The number of anilines is 1. The Morgan fingerprint density at radius 2 is 2.18 bits per heavy atom. The molecule has 0 amide bonds. The highest BCUT2D eigenvalue weighted by atomic mass is 35.5. The lowest BCUT2D eigenvalue weighted by molar-refractivity contribution is 0.111. The van der Waals surface area contributed by atoms with Crippen LogP contribution in [0.2, 0.25) is 10.2 Å². The molecule has 0 aliphatic heterocycles. The summed E-state index contributed by atoms with van der Waals surface area (Å²) in [5.74, 6) is 0. The lowest BCUT2D eigenvalue weighted by Crippen LogP contribution is -1.94. The van der Waals surface area contributed by atoms with Crippen LogP contribution in [0.4, 0.5) is 5.69 Å². The van der Waals surface area contributed by atoms with Crippen molar-refractivity contribution in [2.45, 2.75) is 0 Å². The number of halogens is 2. The smallest absolute Gasteiger partial charge is 0.168 e. The molecule has 0 atom stereocenters. The molecule has 11 heavy (non-hydrogen) atoms. The summed E-state index contributed by atoms with van der Waals surface area (Å²) in [6.45, 7) is 0. The van der Waals surface area contributed by atoms with E-state index in [0.717, 1.165) is 0 Å². The van der Waals surface area contributed by atoms with Crippen molar-refractivity contribution >= 4 is 35.2 Å². The van der Waals surface area contributed by atoms with E-state index in [4.69, 9.17) is 28.9 Å². The largest absolute Gasteiger partial charge is 0.395 e. The van der Waals surface area contributed by atoms with E-state index in [9.17, 15) is 4.79 Å². The van der Waals surface area contributed by atoms with Gasteiger partial charge in [0.2, 0.25) is 0 Å². The molecule has 2 N–H and O–H groups in total. The number of aldehydes is 1. The maximum Gasteiger partial charge on any atom is 0.168 e. The van der Waals surface area contributed by atoms with Crippen LogP contribution in [0.25, 0.3) is 0 Å². The standard InChI is InChI=1S/C6H4Cl2N2O/c7-4-1-3(2-11)10-6(8)5(4)9/h1-2H,9H2. The van der Waals surface area contributed by atoms with Gasteiger partial charge < -0.3 is 5.73 Å². The Balaban J connectivity index is 3.31. The van der Waals surface area contributed by atoms with E-state index in [1.165, 1.54) is 6.07 Å². The molecule has 1 aromatic rings. The van der Waals surface area contributed by atoms with Gasteiger partial charge in [-0.3, -0.25) is 4.79 Å². The van der Waals surface area contributed by atoms with Gasteiger partial charge in [0, 0.05) is 0 Å². The number of carbonyl (C=O) groups excluding carboxylic acids is 1. The average Bonchev–Trinajstić information content (AvgIpc) is 1.99. The van der Waals surface area contributed by atoms with E-state index in [1.807, 2.05) is 0 Å². The zero-order valence-corrected chi connectivity index (χ0v) is 6.86. The number of nitrogens with two attached hydrogens (primary N) is 1. The second-order valence-electron chi connectivity index (χ2n) is 1.85. The summed E-state index contributed by atoms with van der Waals surface area (Å²) in [5, 5.41) is 0.298. The van der Waals surface area contributed by atoms with Crippen LogP contribution >= 0.6 is 23.2 Å². The van der Waals surface area contributed by atoms with Crippen molar-refractivity contribution in [2.24, 2.45) is 0 Å². The third kappa shape index (κ3) is 1.61. The lowest BCUT2D eigenvalue weighted by atomic mass is 10.3. The molecular formula is C6H4Cl2N2O. The third-order valence-electron chi connectivity index (χ3n) is 1.10.